The van der Waals surface area contributed by atoms with Crippen molar-refractivity contribution in [3.05, 3.63) is 88.5 Å². The molecule has 0 radical (unpaired) electrons. The molecule has 5 rings (SSSR count). The van der Waals surface area contributed by atoms with Gasteiger partial charge in [-0.1, -0.05) is 36.8 Å². The molecule has 3 atom stereocenters. The Balaban J connectivity index is 1.52. The Morgan fingerprint density at radius 2 is 1.61 bits per heavy atom. The number of halogens is 1. The number of hydrogen-bond donors (Lipinski definition) is 1. The number of allylic oxidation sites excluding steroid dienone is 3. The second kappa shape index (κ2) is 10.3. The Morgan fingerprint density at radius 1 is 0.944 bits per heavy atom. The first-order chi connectivity index (χ1) is 17.4. The monoisotopic (exact) mass is 489 g/mol. The van der Waals surface area contributed by atoms with Gasteiger partial charge in [-0.05, 0) is 68.0 Å². The van der Waals surface area contributed by atoms with E-state index in [1.807, 2.05) is 31.2 Å². The van der Waals surface area contributed by atoms with Crippen LogP contribution in [0.15, 0.2) is 71.6 Å². The number of ketones is 1. The van der Waals surface area contributed by atoms with E-state index >= 15 is 0 Å². The van der Waals surface area contributed by atoms with E-state index in [2.05, 4.69) is 11.4 Å². The number of carbonyl (C=O) groups excluding carboxylic acids is 2. The zero-order valence-electron chi connectivity index (χ0n) is 20.8. The lowest BCUT2D eigenvalue weighted by Crippen LogP contribution is -2.42. The van der Waals surface area contributed by atoms with E-state index in [1.165, 1.54) is 12.1 Å². The highest BCUT2D eigenvalue weighted by Gasteiger charge is 2.45. The molecule has 188 valence electrons. The maximum Gasteiger partial charge on any atom is 0.336 e. The molecule has 2 aromatic carbocycles. The molecule has 5 nitrogen and oxygen atoms in total. The number of nitrogens with one attached hydrogen (secondary N) is 1. The molecule has 0 aromatic heterocycles. The van der Waals surface area contributed by atoms with Crippen molar-refractivity contribution in [1.82, 2.24) is 5.32 Å². The summed E-state index contributed by atoms with van der Waals surface area (Å²) >= 11 is 0. The van der Waals surface area contributed by atoms with Gasteiger partial charge in [0, 0.05) is 29.7 Å². The SMILES string of the molecule is COc1ccc(C2C=C3NC(C)=C(C(=O)OC4CCCCC4)C(c4ccc(F)cc4)C3C(=O)C2)cc1. The quantitative estimate of drug-likeness (QED) is 0.528. The summed E-state index contributed by atoms with van der Waals surface area (Å²) in [4.78, 5) is 27.2. The van der Waals surface area contributed by atoms with E-state index in [4.69, 9.17) is 9.47 Å². The summed E-state index contributed by atoms with van der Waals surface area (Å²) in [5.41, 5.74) is 3.69. The van der Waals surface area contributed by atoms with Crippen LogP contribution in [-0.4, -0.2) is 25.0 Å². The van der Waals surface area contributed by atoms with Gasteiger partial charge < -0.3 is 14.8 Å². The molecular formula is C30H32FNO4. The summed E-state index contributed by atoms with van der Waals surface area (Å²) in [7, 11) is 1.62. The number of benzene rings is 2. The summed E-state index contributed by atoms with van der Waals surface area (Å²) in [6.45, 7) is 1.85. The highest BCUT2D eigenvalue weighted by Crippen LogP contribution is 2.46. The molecule has 6 heteroatoms. The van der Waals surface area contributed by atoms with E-state index in [9.17, 15) is 14.0 Å². The molecule has 1 N–H and O–H groups in total. The van der Waals surface area contributed by atoms with Crippen molar-refractivity contribution in [2.45, 2.75) is 63.4 Å². The molecule has 0 spiro atoms. The fourth-order valence-corrected chi connectivity index (χ4v) is 5.84. The van der Waals surface area contributed by atoms with Gasteiger partial charge in [0.25, 0.3) is 0 Å². The van der Waals surface area contributed by atoms with Crippen molar-refractivity contribution in [1.29, 1.82) is 0 Å². The number of ether oxygens (including phenoxy) is 2. The molecule has 2 aromatic rings. The molecule has 3 aliphatic rings. The second-order valence-electron chi connectivity index (χ2n) is 10.0. The number of hydrogen-bond acceptors (Lipinski definition) is 5. The Kier molecular flexibility index (Phi) is 6.95. The lowest BCUT2D eigenvalue weighted by molar-refractivity contribution is -0.146. The molecule has 1 saturated carbocycles. The summed E-state index contributed by atoms with van der Waals surface area (Å²) in [6.07, 6.45) is 7.32. The van der Waals surface area contributed by atoms with Crippen molar-refractivity contribution < 1.29 is 23.5 Å². The van der Waals surface area contributed by atoms with E-state index in [0.29, 0.717) is 17.7 Å². The summed E-state index contributed by atoms with van der Waals surface area (Å²) in [5, 5.41) is 3.37. The molecule has 0 bridgehead atoms. The molecule has 1 aliphatic heterocycles. The third-order valence-electron chi connectivity index (χ3n) is 7.68. The predicted octanol–water partition coefficient (Wildman–Crippen LogP) is 5.93. The number of rotatable bonds is 5. The topological polar surface area (TPSA) is 64.6 Å². The van der Waals surface area contributed by atoms with Crippen molar-refractivity contribution >= 4 is 11.8 Å². The van der Waals surface area contributed by atoms with E-state index in [0.717, 1.165) is 54.7 Å². The Hall–Kier alpha value is -3.41. The largest absolute Gasteiger partial charge is 0.497 e. The predicted molar refractivity (Wildman–Crippen MR) is 135 cm³/mol. The van der Waals surface area contributed by atoms with Crippen LogP contribution in [0.1, 0.15) is 68.4 Å². The van der Waals surface area contributed by atoms with Crippen molar-refractivity contribution in [2.75, 3.05) is 7.11 Å². The minimum atomic E-state index is -0.553. The van der Waals surface area contributed by atoms with Gasteiger partial charge in [0.2, 0.25) is 0 Å². The van der Waals surface area contributed by atoms with E-state index in [1.54, 1.807) is 19.2 Å². The maximum atomic E-state index is 13.8. The number of methoxy groups -OCH3 is 1. The molecule has 36 heavy (non-hydrogen) atoms. The van der Waals surface area contributed by atoms with Crippen LogP contribution in [0, 0.1) is 11.7 Å². The van der Waals surface area contributed by atoms with Gasteiger partial charge in [-0.3, -0.25) is 4.79 Å². The van der Waals surface area contributed by atoms with Gasteiger partial charge in [-0.2, -0.15) is 0 Å². The Labute approximate surface area is 211 Å². The zero-order valence-corrected chi connectivity index (χ0v) is 20.8. The number of carbonyl (C=O) groups is 2. The van der Waals surface area contributed by atoms with Crippen LogP contribution in [0.25, 0.3) is 0 Å². The lowest BCUT2D eigenvalue weighted by atomic mass is 9.68. The van der Waals surface area contributed by atoms with Crippen molar-refractivity contribution in [2.24, 2.45) is 5.92 Å². The zero-order chi connectivity index (χ0) is 25.2. The summed E-state index contributed by atoms with van der Waals surface area (Å²) < 4.78 is 25.0. The molecule has 1 heterocycles. The summed E-state index contributed by atoms with van der Waals surface area (Å²) in [6, 6.07) is 13.9. The normalized spacial score (nSPS) is 24.5. The van der Waals surface area contributed by atoms with Gasteiger partial charge in [-0.25, -0.2) is 9.18 Å². The van der Waals surface area contributed by atoms with E-state index in [-0.39, 0.29) is 29.6 Å². The van der Waals surface area contributed by atoms with Crippen molar-refractivity contribution in [3.8, 4) is 5.75 Å². The molecule has 1 fully saturated rings. The van der Waals surface area contributed by atoms with Crippen LogP contribution >= 0.6 is 0 Å². The maximum absolute atomic E-state index is 13.8. The third kappa shape index (κ3) is 4.81. The summed E-state index contributed by atoms with van der Waals surface area (Å²) in [5.74, 6) is -1.10. The number of fused-ring (bicyclic) bond motifs is 1. The molecular weight excluding hydrogens is 457 g/mol. The van der Waals surface area contributed by atoms with Crippen LogP contribution < -0.4 is 10.1 Å². The molecule has 2 aliphatic carbocycles. The third-order valence-corrected chi connectivity index (χ3v) is 7.68. The first kappa shape index (κ1) is 24.3. The molecule has 0 amide bonds. The highest BCUT2D eigenvalue weighted by molar-refractivity contribution is 5.96. The standard InChI is InChI=1S/C30H32FNO4/c1-18-27(30(34)36-24-6-4-3-5-7-24)28(20-8-12-22(31)13-9-20)29-25(32-18)16-21(17-26(29)33)19-10-14-23(35-2)15-11-19/h8-16,21,24,28-29,32H,3-7,17H2,1-2H3. The first-order valence-electron chi connectivity index (χ1n) is 12.8. The number of esters is 1. The van der Waals surface area contributed by atoms with Crippen molar-refractivity contribution in [3.63, 3.8) is 0 Å². The van der Waals surface area contributed by atoms with Crippen LogP contribution in [0.2, 0.25) is 0 Å². The Morgan fingerprint density at radius 3 is 2.28 bits per heavy atom. The Bertz CT molecular complexity index is 1190. The molecule has 3 unspecified atom stereocenters. The minimum absolute atomic E-state index is 0.0469. The van der Waals surface area contributed by atoms with Crippen LogP contribution in [0.5, 0.6) is 5.75 Å². The van der Waals surface area contributed by atoms with Crippen LogP contribution in [0.4, 0.5) is 4.39 Å². The van der Waals surface area contributed by atoms with Crippen LogP contribution in [-0.2, 0) is 14.3 Å². The fraction of sp³-hybridized carbons (Fsp3) is 0.400. The lowest BCUT2D eigenvalue weighted by Gasteiger charge is -2.40. The van der Waals surface area contributed by atoms with Gasteiger partial charge in [0.05, 0.1) is 18.6 Å². The fourth-order valence-electron chi connectivity index (χ4n) is 5.84. The second-order valence-corrected chi connectivity index (χ2v) is 10.0. The average Bonchev–Trinajstić information content (AvgIpc) is 2.89. The average molecular weight is 490 g/mol. The minimum Gasteiger partial charge on any atom is -0.497 e. The van der Waals surface area contributed by atoms with Gasteiger partial charge in [0.15, 0.2) is 0 Å². The first-order valence-corrected chi connectivity index (χ1v) is 12.8. The molecule has 0 saturated heterocycles. The highest BCUT2D eigenvalue weighted by atomic mass is 19.1. The van der Waals surface area contributed by atoms with Gasteiger partial charge >= 0.3 is 5.97 Å². The smallest absolute Gasteiger partial charge is 0.336 e. The number of Topliss-reactive ketones (excluding diaryl/α,β-unsaturated/α-hetero) is 1. The van der Waals surface area contributed by atoms with Gasteiger partial charge in [0.1, 0.15) is 23.5 Å². The van der Waals surface area contributed by atoms with E-state index < -0.39 is 11.8 Å². The van der Waals surface area contributed by atoms with Crippen LogP contribution in [0.3, 0.4) is 0 Å². The van der Waals surface area contributed by atoms with Gasteiger partial charge in [-0.15, -0.1) is 0 Å².